The van der Waals surface area contributed by atoms with Crippen molar-refractivity contribution in [2.24, 2.45) is 0 Å². The molecule has 0 N–H and O–H groups in total. The van der Waals surface area contributed by atoms with Gasteiger partial charge in [0.25, 0.3) is 0 Å². The topological polar surface area (TPSA) is 45.9 Å². The normalized spacial score (nSPS) is 16.0. The van der Waals surface area contributed by atoms with Crippen LogP contribution in [0, 0.1) is 0 Å². The van der Waals surface area contributed by atoms with Gasteiger partial charge in [-0.25, -0.2) is 0 Å². The summed E-state index contributed by atoms with van der Waals surface area (Å²) >= 11 is 0. The van der Waals surface area contributed by atoms with Gasteiger partial charge in [0.1, 0.15) is 5.60 Å². The lowest BCUT2D eigenvalue weighted by atomic mass is 10.1. The predicted octanol–water partition coefficient (Wildman–Crippen LogP) is 3.41. The van der Waals surface area contributed by atoms with Gasteiger partial charge in [-0.15, -0.1) is 0 Å². The number of benzene rings is 1. The van der Waals surface area contributed by atoms with Crippen LogP contribution in [0.2, 0.25) is 0 Å². The largest absolute Gasteiger partial charge is 0.472 e. The third-order valence-electron chi connectivity index (χ3n) is 4.21. The van der Waals surface area contributed by atoms with Crippen LogP contribution in [0.15, 0.2) is 47.3 Å². The number of hydrogen-bond acceptors (Lipinski definition) is 5. The number of rotatable bonds is 4. The van der Waals surface area contributed by atoms with Crippen molar-refractivity contribution in [3.8, 4) is 11.1 Å². The fourth-order valence-electron chi connectivity index (χ4n) is 3.03. The molecule has 1 fully saturated rings. The fourth-order valence-corrected chi connectivity index (χ4v) is 3.03. The molecular weight excluding hydrogens is 316 g/mol. The molecule has 2 aromatic rings. The molecule has 0 saturated carbocycles. The van der Waals surface area contributed by atoms with Gasteiger partial charge in [-0.05, 0) is 44.5 Å². The van der Waals surface area contributed by atoms with Gasteiger partial charge in [0.2, 0.25) is 0 Å². The van der Waals surface area contributed by atoms with Crippen LogP contribution in [0.4, 0.5) is 5.69 Å². The zero-order chi connectivity index (χ0) is 17.9. The van der Waals surface area contributed by atoms with E-state index in [1.54, 1.807) is 12.5 Å². The molecule has 5 nitrogen and oxygen atoms in total. The molecule has 1 aliphatic rings. The molecule has 1 aromatic carbocycles. The first-order valence-corrected chi connectivity index (χ1v) is 8.72. The molecular formula is C20H26N2O3. The van der Waals surface area contributed by atoms with Crippen molar-refractivity contribution in [2.75, 3.05) is 37.6 Å². The Morgan fingerprint density at radius 2 is 1.88 bits per heavy atom. The van der Waals surface area contributed by atoms with Gasteiger partial charge in [-0.2, -0.15) is 0 Å². The highest BCUT2D eigenvalue weighted by molar-refractivity contribution is 5.72. The van der Waals surface area contributed by atoms with Crippen molar-refractivity contribution < 1.29 is 13.9 Å². The highest BCUT2D eigenvalue weighted by atomic mass is 16.6. The summed E-state index contributed by atoms with van der Waals surface area (Å²) in [6.45, 7) is 9.57. The van der Waals surface area contributed by atoms with Crippen LogP contribution < -0.4 is 4.90 Å². The molecule has 0 amide bonds. The summed E-state index contributed by atoms with van der Waals surface area (Å²) < 4.78 is 10.6. The lowest BCUT2D eigenvalue weighted by molar-refractivity contribution is -0.156. The number of hydrogen-bond donors (Lipinski definition) is 0. The van der Waals surface area contributed by atoms with Gasteiger partial charge < -0.3 is 14.1 Å². The molecule has 2 heterocycles. The summed E-state index contributed by atoms with van der Waals surface area (Å²) in [5.74, 6) is -0.150. The van der Waals surface area contributed by atoms with Gasteiger partial charge in [0.05, 0.1) is 19.1 Å². The number of esters is 1. The van der Waals surface area contributed by atoms with E-state index in [0.29, 0.717) is 6.54 Å². The van der Waals surface area contributed by atoms with E-state index in [0.717, 1.165) is 37.3 Å². The minimum absolute atomic E-state index is 0.150. The molecule has 0 spiro atoms. The molecule has 134 valence electrons. The van der Waals surface area contributed by atoms with Crippen LogP contribution in [0.5, 0.6) is 0 Å². The maximum Gasteiger partial charge on any atom is 0.320 e. The number of carbonyl (C=O) groups is 1. The van der Waals surface area contributed by atoms with E-state index in [4.69, 9.17) is 9.15 Å². The van der Waals surface area contributed by atoms with E-state index in [-0.39, 0.29) is 5.97 Å². The number of piperazine rings is 1. The summed E-state index contributed by atoms with van der Waals surface area (Å²) in [4.78, 5) is 16.5. The highest BCUT2D eigenvalue weighted by Crippen LogP contribution is 2.25. The minimum Gasteiger partial charge on any atom is -0.472 e. The standard InChI is InChI=1S/C20H26N2O3/c1-20(2,3)25-19(23)14-21-8-10-22(11-9-21)18-6-4-5-16(13-18)17-7-12-24-15-17/h4-7,12-13,15H,8-11,14H2,1-3H3. The second-order valence-corrected chi connectivity index (χ2v) is 7.41. The van der Waals surface area contributed by atoms with Gasteiger partial charge in [-0.1, -0.05) is 12.1 Å². The second kappa shape index (κ2) is 7.31. The maximum absolute atomic E-state index is 12.0. The maximum atomic E-state index is 12.0. The second-order valence-electron chi connectivity index (χ2n) is 7.41. The van der Waals surface area contributed by atoms with Crippen molar-refractivity contribution in [3.63, 3.8) is 0 Å². The Hall–Kier alpha value is -2.27. The molecule has 25 heavy (non-hydrogen) atoms. The third kappa shape index (κ3) is 4.86. The minimum atomic E-state index is -0.424. The average Bonchev–Trinajstić information content (AvgIpc) is 3.08. The third-order valence-corrected chi connectivity index (χ3v) is 4.21. The zero-order valence-corrected chi connectivity index (χ0v) is 15.2. The van der Waals surface area contributed by atoms with E-state index >= 15 is 0 Å². The number of anilines is 1. The summed E-state index contributed by atoms with van der Waals surface area (Å²) in [6.07, 6.45) is 3.45. The summed E-state index contributed by atoms with van der Waals surface area (Å²) in [5.41, 5.74) is 3.02. The molecule has 0 bridgehead atoms. The molecule has 0 atom stereocenters. The predicted molar refractivity (Wildman–Crippen MR) is 98.6 cm³/mol. The molecule has 1 saturated heterocycles. The van der Waals surface area contributed by atoms with Crippen molar-refractivity contribution in [1.29, 1.82) is 0 Å². The Morgan fingerprint density at radius 1 is 1.12 bits per heavy atom. The van der Waals surface area contributed by atoms with Crippen molar-refractivity contribution in [2.45, 2.75) is 26.4 Å². The van der Waals surface area contributed by atoms with Crippen molar-refractivity contribution in [3.05, 3.63) is 42.9 Å². The SMILES string of the molecule is CC(C)(C)OC(=O)CN1CCN(c2cccc(-c3ccoc3)c2)CC1. The number of carbonyl (C=O) groups excluding carboxylic acids is 1. The number of ether oxygens (including phenoxy) is 1. The van der Waals surface area contributed by atoms with Crippen LogP contribution in [0.25, 0.3) is 11.1 Å². The van der Waals surface area contributed by atoms with Gasteiger partial charge in [0.15, 0.2) is 0 Å². The van der Waals surface area contributed by atoms with Gasteiger partial charge in [-0.3, -0.25) is 9.69 Å². The number of furan rings is 1. The Labute approximate surface area is 149 Å². The molecule has 0 unspecified atom stereocenters. The van der Waals surface area contributed by atoms with Crippen LogP contribution >= 0.6 is 0 Å². The van der Waals surface area contributed by atoms with Gasteiger partial charge >= 0.3 is 5.97 Å². The molecule has 0 radical (unpaired) electrons. The monoisotopic (exact) mass is 342 g/mol. The first-order valence-electron chi connectivity index (χ1n) is 8.72. The Balaban J connectivity index is 1.56. The van der Waals surface area contributed by atoms with E-state index in [1.807, 2.05) is 26.8 Å². The van der Waals surface area contributed by atoms with E-state index in [9.17, 15) is 4.79 Å². The first kappa shape index (κ1) is 17.5. The average molecular weight is 342 g/mol. The lowest BCUT2D eigenvalue weighted by Crippen LogP contribution is -2.48. The van der Waals surface area contributed by atoms with Crippen LogP contribution in [-0.4, -0.2) is 49.2 Å². The van der Waals surface area contributed by atoms with Gasteiger partial charge in [0, 0.05) is 37.4 Å². The molecule has 5 heteroatoms. The molecule has 1 aliphatic heterocycles. The quantitative estimate of drug-likeness (QED) is 0.797. The molecule has 0 aliphatic carbocycles. The lowest BCUT2D eigenvalue weighted by Gasteiger charge is -2.36. The summed E-state index contributed by atoms with van der Waals surface area (Å²) in [5, 5.41) is 0. The van der Waals surface area contributed by atoms with E-state index in [1.165, 1.54) is 5.69 Å². The Kier molecular flexibility index (Phi) is 5.13. The highest BCUT2D eigenvalue weighted by Gasteiger charge is 2.22. The fraction of sp³-hybridized carbons (Fsp3) is 0.450. The molecule has 1 aromatic heterocycles. The van der Waals surface area contributed by atoms with Crippen LogP contribution in [-0.2, 0) is 9.53 Å². The molecule has 3 rings (SSSR count). The number of nitrogens with zero attached hydrogens (tertiary/aromatic N) is 2. The van der Waals surface area contributed by atoms with E-state index < -0.39 is 5.60 Å². The smallest absolute Gasteiger partial charge is 0.320 e. The van der Waals surface area contributed by atoms with Crippen molar-refractivity contribution >= 4 is 11.7 Å². The zero-order valence-electron chi connectivity index (χ0n) is 15.2. The first-order chi connectivity index (χ1) is 11.9. The summed E-state index contributed by atoms with van der Waals surface area (Å²) in [7, 11) is 0. The van der Waals surface area contributed by atoms with E-state index in [2.05, 4.69) is 34.1 Å². The Bertz CT molecular complexity index is 696. The van der Waals surface area contributed by atoms with Crippen molar-refractivity contribution in [1.82, 2.24) is 4.90 Å². The Morgan fingerprint density at radius 3 is 2.52 bits per heavy atom. The van der Waals surface area contributed by atoms with Crippen LogP contribution in [0.1, 0.15) is 20.8 Å². The van der Waals surface area contributed by atoms with Crippen LogP contribution in [0.3, 0.4) is 0 Å². The summed E-state index contributed by atoms with van der Waals surface area (Å²) in [6, 6.07) is 10.5.